The SMILES string of the molecule is COCCC1CCCCN1CCCN(C)C. The number of likely N-dealkylation sites (tertiary alicyclic amines) is 1. The molecule has 1 aliphatic rings. The second-order valence-electron chi connectivity index (χ2n) is 5.12. The third-order valence-electron chi connectivity index (χ3n) is 3.45. The topological polar surface area (TPSA) is 15.7 Å². The van der Waals surface area contributed by atoms with Crippen LogP contribution in [0.25, 0.3) is 0 Å². The van der Waals surface area contributed by atoms with Crippen molar-refractivity contribution >= 4 is 0 Å². The second kappa shape index (κ2) is 8.04. The van der Waals surface area contributed by atoms with Gasteiger partial charge in [0.2, 0.25) is 0 Å². The monoisotopic (exact) mass is 228 g/mol. The van der Waals surface area contributed by atoms with E-state index in [0.29, 0.717) is 0 Å². The molecule has 0 bridgehead atoms. The molecule has 16 heavy (non-hydrogen) atoms. The summed E-state index contributed by atoms with van der Waals surface area (Å²) < 4.78 is 5.20. The van der Waals surface area contributed by atoms with E-state index in [1.807, 2.05) is 0 Å². The van der Waals surface area contributed by atoms with Gasteiger partial charge in [-0.25, -0.2) is 0 Å². The molecule has 0 spiro atoms. The molecule has 96 valence electrons. The standard InChI is InChI=1S/C13H28N2O/c1-14(2)9-6-11-15-10-5-4-7-13(15)8-12-16-3/h13H,4-12H2,1-3H3. The van der Waals surface area contributed by atoms with Crippen molar-refractivity contribution in [3.8, 4) is 0 Å². The fourth-order valence-corrected chi connectivity index (χ4v) is 2.53. The van der Waals surface area contributed by atoms with Crippen LogP contribution < -0.4 is 0 Å². The van der Waals surface area contributed by atoms with Gasteiger partial charge in [0.05, 0.1) is 0 Å². The van der Waals surface area contributed by atoms with Gasteiger partial charge in [0.15, 0.2) is 0 Å². The summed E-state index contributed by atoms with van der Waals surface area (Å²) in [6.07, 6.45) is 6.64. The molecule has 0 saturated carbocycles. The summed E-state index contributed by atoms with van der Waals surface area (Å²) in [4.78, 5) is 4.94. The number of piperidine rings is 1. The maximum atomic E-state index is 5.20. The van der Waals surface area contributed by atoms with E-state index in [0.717, 1.165) is 12.6 Å². The van der Waals surface area contributed by atoms with Gasteiger partial charge in [-0.3, -0.25) is 0 Å². The predicted octanol–water partition coefficient (Wildman–Crippen LogP) is 1.83. The summed E-state index contributed by atoms with van der Waals surface area (Å²) in [7, 11) is 6.11. The number of ether oxygens (including phenoxy) is 1. The number of rotatable bonds is 7. The van der Waals surface area contributed by atoms with Crippen LogP contribution >= 0.6 is 0 Å². The van der Waals surface area contributed by atoms with Crippen molar-refractivity contribution in [2.45, 2.75) is 38.1 Å². The Kier molecular flexibility index (Phi) is 7.01. The van der Waals surface area contributed by atoms with E-state index in [-0.39, 0.29) is 0 Å². The van der Waals surface area contributed by atoms with Gasteiger partial charge in [0, 0.05) is 19.8 Å². The summed E-state index contributed by atoms with van der Waals surface area (Å²) in [6, 6.07) is 0.774. The van der Waals surface area contributed by atoms with Gasteiger partial charge in [0.25, 0.3) is 0 Å². The van der Waals surface area contributed by atoms with Crippen LogP contribution in [0.2, 0.25) is 0 Å². The Labute approximate surface area is 101 Å². The van der Waals surface area contributed by atoms with Crippen molar-refractivity contribution in [3.05, 3.63) is 0 Å². The zero-order valence-corrected chi connectivity index (χ0v) is 11.2. The lowest BCUT2D eigenvalue weighted by atomic mass is 9.99. The van der Waals surface area contributed by atoms with Crippen LogP contribution in [-0.4, -0.2) is 63.3 Å². The lowest BCUT2D eigenvalue weighted by Crippen LogP contribution is -2.41. The molecule has 0 aliphatic carbocycles. The highest BCUT2D eigenvalue weighted by molar-refractivity contribution is 4.76. The molecule has 0 aromatic rings. The van der Waals surface area contributed by atoms with E-state index in [4.69, 9.17) is 4.74 Å². The fraction of sp³-hybridized carbons (Fsp3) is 1.00. The maximum absolute atomic E-state index is 5.20. The van der Waals surface area contributed by atoms with Crippen molar-refractivity contribution in [3.63, 3.8) is 0 Å². The molecular weight excluding hydrogens is 200 g/mol. The zero-order chi connectivity index (χ0) is 11.8. The highest BCUT2D eigenvalue weighted by Gasteiger charge is 2.21. The molecule has 1 heterocycles. The minimum atomic E-state index is 0.774. The molecule has 1 saturated heterocycles. The van der Waals surface area contributed by atoms with Crippen LogP contribution in [0, 0.1) is 0 Å². The van der Waals surface area contributed by atoms with E-state index >= 15 is 0 Å². The second-order valence-corrected chi connectivity index (χ2v) is 5.12. The molecule has 1 atom stereocenters. The summed E-state index contributed by atoms with van der Waals surface area (Å²) >= 11 is 0. The minimum absolute atomic E-state index is 0.774. The lowest BCUT2D eigenvalue weighted by Gasteiger charge is -2.36. The van der Waals surface area contributed by atoms with Crippen LogP contribution in [0.5, 0.6) is 0 Å². The van der Waals surface area contributed by atoms with Gasteiger partial charge in [-0.05, 0) is 59.4 Å². The Morgan fingerprint density at radius 3 is 2.81 bits per heavy atom. The average Bonchev–Trinajstić information content (AvgIpc) is 2.27. The quantitative estimate of drug-likeness (QED) is 0.661. The van der Waals surface area contributed by atoms with Crippen molar-refractivity contribution in [1.29, 1.82) is 0 Å². The van der Waals surface area contributed by atoms with Crippen molar-refractivity contribution < 1.29 is 4.74 Å². The zero-order valence-electron chi connectivity index (χ0n) is 11.2. The highest BCUT2D eigenvalue weighted by atomic mass is 16.5. The van der Waals surface area contributed by atoms with Crippen LogP contribution in [0.1, 0.15) is 32.1 Å². The summed E-state index contributed by atoms with van der Waals surface area (Å²) in [5.74, 6) is 0. The van der Waals surface area contributed by atoms with E-state index in [1.54, 1.807) is 7.11 Å². The Hall–Kier alpha value is -0.120. The normalized spacial score (nSPS) is 22.9. The first-order valence-corrected chi connectivity index (χ1v) is 6.61. The Balaban J connectivity index is 2.23. The molecule has 3 nitrogen and oxygen atoms in total. The largest absolute Gasteiger partial charge is 0.385 e. The molecule has 0 aromatic carbocycles. The highest BCUT2D eigenvalue weighted by Crippen LogP contribution is 2.19. The molecule has 1 fully saturated rings. The van der Waals surface area contributed by atoms with Crippen molar-refractivity contribution in [2.75, 3.05) is 47.4 Å². The molecule has 0 N–H and O–H groups in total. The molecular formula is C13H28N2O. The summed E-state index contributed by atoms with van der Waals surface area (Å²) in [5.41, 5.74) is 0. The third kappa shape index (κ3) is 5.28. The Bertz CT molecular complexity index is 173. The maximum Gasteiger partial charge on any atom is 0.0477 e. The molecule has 0 amide bonds. The lowest BCUT2D eigenvalue weighted by molar-refractivity contribution is 0.100. The van der Waals surface area contributed by atoms with Gasteiger partial charge < -0.3 is 14.5 Å². The smallest absolute Gasteiger partial charge is 0.0477 e. The Morgan fingerprint density at radius 2 is 2.12 bits per heavy atom. The number of nitrogens with zero attached hydrogens (tertiary/aromatic N) is 2. The van der Waals surface area contributed by atoms with Crippen LogP contribution in [0.3, 0.4) is 0 Å². The molecule has 1 aliphatic heterocycles. The first kappa shape index (κ1) is 13.9. The van der Waals surface area contributed by atoms with Crippen LogP contribution in [0.15, 0.2) is 0 Å². The van der Waals surface area contributed by atoms with E-state index < -0.39 is 0 Å². The van der Waals surface area contributed by atoms with E-state index in [1.165, 1.54) is 51.7 Å². The third-order valence-corrected chi connectivity index (χ3v) is 3.45. The molecule has 0 radical (unpaired) electrons. The van der Waals surface area contributed by atoms with Crippen LogP contribution in [-0.2, 0) is 4.74 Å². The first-order valence-electron chi connectivity index (χ1n) is 6.61. The number of hydrogen-bond acceptors (Lipinski definition) is 3. The Morgan fingerprint density at radius 1 is 1.31 bits per heavy atom. The average molecular weight is 228 g/mol. The summed E-state index contributed by atoms with van der Waals surface area (Å²) in [6.45, 7) is 4.66. The van der Waals surface area contributed by atoms with Crippen LogP contribution in [0.4, 0.5) is 0 Å². The molecule has 1 rings (SSSR count). The fourth-order valence-electron chi connectivity index (χ4n) is 2.53. The first-order chi connectivity index (χ1) is 7.74. The van der Waals surface area contributed by atoms with Gasteiger partial charge in [-0.1, -0.05) is 6.42 Å². The van der Waals surface area contributed by atoms with Crippen molar-refractivity contribution in [1.82, 2.24) is 9.80 Å². The number of hydrogen-bond donors (Lipinski definition) is 0. The summed E-state index contributed by atoms with van der Waals surface area (Å²) in [5, 5.41) is 0. The molecule has 3 heteroatoms. The van der Waals surface area contributed by atoms with Gasteiger partial charge in [0.1, 0.15) is 0 Å². The van der Waals surface area contributed by atoms with Gasteiger partial charge in [-0.15, -0.1) is 0 Å². The minimum Gasteiger partial charge on any atom is -0.385 e. The molecule has 1 unspecified atom stereocenters. The van der Waals surface area contributed by atoms with Crippen molar-refractivity contribution in [2.24, 2.45) is 0 Å². The predicted molar refractivity (Wildman–Crippen MR) is 68.9 cm³/mol. The van der Waals surface area contributed by atoms with E-state index in [9.17, 15) is 0 Å². The van der Waals surface area contributed by atoms with Gasteiger partial charge >= 0.3 is 0 Å². The molecule has 0 aromatic heterocycles. The van der Waals surface area contributed by atoms with Gasteiger partial charge in [-0.2, -0.15) is 0 Å². The van der Waals surface area contributed by atoms with E-state index in [2.05, 4.69) is 23.9 Å². The number of methoxy groups -OCH3 is 1.